The van der Waals surface area contributed by atoms with Gasteiger partial charge in [-0.3, -0.25) is 4.79 Å². The van der Waals surface area contributed by atoms with Gasteiger partial charge >= 0.3 is 0 Å². The summed E-state index contributed by atoms with van der Waals surface area (Å²) < 4.78 is 0. The molecule has 6 rings (SSSR count). The molecule has 33 heavy (non-hydrogen) atoms. The lowest BCUT2D eigenvalue weighted by Crippen LogP contribution is -2.54. The summed E-state index contributed by atoms with van der Waals surface area (Å²) in [5, 5.41) is 0. The molecule has 0 aromatic heterocycles. The number of hydrogen-bond donors (Lipinski definition) is 0. The predicted octanol–water partition coefficient (Wildman–Crippen LogP) is 5.57. The number of benzene rings is 2. The van der Waals surface area contributed by atoms with Gasteiger partial charge in [-0.25, -0.2) is 4.99 Å². The van der Waals surface area contributed by atoms with Crippen molar-refractivity contribution in [1.82, 2.24) is 9.80 Å². The molecule has 0 bridgehead atoms. The van der Waals surface area contributed by atoms with Gasteiger partial charge in [-0.2, -0.15) is 0 Å². The second kappa shape index (κ2) is 8.16. The molecule has 1 aliphatic carbocycles. The van der Waals surface area contributed by atoms with Crippen molar-refractivity contribution in [2.24, 2.45) is 10.4 Å². The standard InChI is InChI=1S/C29H33N3O/c1-21-19-23(25-9-4-3-8-24(21)25)20-32-16-6-13-29(28(32)33)14-17-31(18-15-29)27-12-11-22-7-2-5-10-26(22)30-27/h2-5,7-10,19,21H,6,11-18,20H2,1H3. The van der Waals surface area contributed by atoms with Gasteiger partial charge in [-0.1, -0.05) is 55.5 Å². The molecule has 170 valence electrons. The quantitative estimate of drug-likeness (QED) is 0.613. The van der Waals surface area contributed by atoms with E-state index >= 15 is 0 Å². The first-order chi connectivity index (χ1) is 16.1. The molecular formula is C29H33N3O. The number of aliphatic imine (C=N–C) groups is 1. The Balaban J connectivity index is 1.15. The topological polar surface area (TPSA) is 35.9 Å². The van der Waals surface area contributed by atoms with E-state index in [1.165, 1.54) is 28.1 Å². The highest BCUT2D eigenvalue weighted by Crippen LogP contribution is 2.43. The zero-order valence-corrected chi connectivity index (χ0v) is 19.6. The summed E-state index contributed by atoms with van der Waals surface area (Å²) in [5.41, 5.74) is 6.36. The van der Waals surface area contributed by atoms with Crippen LogP contribution in [0.4, 0.5) is 5.69 Å². The molecule has 2 aromatic rings. The number of amides is 1. The van der Waals surface area contributed by atoms with Gasteiger partial charge in [0, 0.05) is 38.5 Å². The summed E-state index contributed by atoms with van der Waals surface area (Å²) in [5.74, 6) is 2.04. The van der Waals surface area contributed by atoms with E-state index in [4.69, 9.17) is 4.99 Å². The van der Waals surface area contributed by atoms with Gasteiger partial charge in [0.2, 0.25) is 5.91 Å². The van der Waals surface area contributed by atoms with Crippen LogP contribution in [0.5, 0.6) is 0 Å². The third-order valence-electron chi connectivity index (χ3n) is 8.38. The number of piperidine rings is 2. The van der Waals surface area contributed by atoms with Crippen molar-refractivity contribution in [3.8, 4) is 0 Å². The maximum Gasteiger partial charge on any atom is 0.229 e. The number of para-hydroxylation sites is 1. The Kier molecular flexibility index (Phi) is 5.12. The minimum atomic E-state index is -0.174. The molecule has 3 heterocycles. The van der Waals surface area contributed by atoms with Gasteiger partial charge in [0.25, 0.3) is 0 Å². The number of amidine groups is 1. The first-order valence-electron chi connectivity index (χ1n) is 12.6. The summed E-state index contributed by atoms with van der Waals surface area (Å²) >= 11 is 0. The van der Waals surface area contributed by atoms with E-state index in [9.17, 15) is 4.79 Å². The molecule has 0 N–H and O–H groups in total. The molecule has 4 aliphatic rings. The number of nitrogens with zero attached hydrogens (tertiary/aromatic N) is 3. The lowest BCUT2D eigenvalue weighted by molar-refractivity contribution is -0.148. The van der Waals surface area contributed by atoms with Gasteiger partial charge in [0.15, 0.2) is 0 Å². The molecule has 4 nitrogen and oxygen atoms in total. The Labute approximate surface area is 197 Å². The number of fused-ring (bicyclic) bond motifs is 2. The Bertz CT molecular complexity index is 1140. The molecule has 2 aromatic carbocycles. The van der Waals surface area contributed by atoms with E-state index in [1.54, 1.807) is 0 Å². The summed E-state index contributed by atoms with van der Waals surface area (Å²) in [4.78, 5) is 23.4. The van der Waals surface area contributed by atoms with Crippen molar-refractivity contribution in [3.05, 3.63) is 71.3 Å². The fraction of sp³-hybridized carbons (Fsp3) is 0.448. The smallest absolute Gasteiger partial charge is 0.229 e. The normalized spacial score (nSPS) is 23.8. The number of likely N-dealkylation sites (tertiary alicyclic amines) is 2. The first-order valence-corrected chi connectivity index (χ1v) is 12.6. The Morgan fingerprint density at radius 3 is 2.64 bits per heavy atom. The summed E-state index contributed by atoms with van der Waals surface area (Å²) in [7, 11) is 0. The SMILES string of the molecule is CC1C=C(CN2CCCC3(CCN(C4=Nc5ccccc5CC4)CC3)C2=O)c2ccccc21. The van der Waals surface area contributed by atoms with Gasteiger partial charge in [0.05, 0.1) is 11.1 Å². The molecule has 3 aliphatic heterocycles. The number of carbonyl (C=O) groups is 1. The van der Waals surface area contributed by atoms with Crippen molar-refractivity contribution in [3.63, 3.8) is 0 Å². The maximum atomic E-state index is 13.8. The largest absolute Gasteiger partial charge is 0.360 e. The fourth-order valence-electron chi connectivity index (χ4n) is 6.47. The number of allylic oxidation sites excluding steroid dienone is 1. The van der Waals surface area contributed by atoms with Gasteiger partial charge in [0.1, 0.15) is 5.84 Å². The van der Waals surface area contributed by atoms with Gasteiger partial charge < -0.3 is 9.80 Å². The summed E-state index contributed by atoms with van der Waals surface area (Å²) in [6, 6.07) is 17.2. The van der Waals surface area contributed by atoms with Crippen LogP contribution in [0, 0.1) is 5.41 Å². The molecule has 1 amide bonds. The van der Waals surface area contributed by atoms with E-state index < -0.39 is 0 Å². The van der Waals surface area contributed by atoms with Crippen LogP contribution in [-0.2, 0) is 11.2 Å². The van der Waals surface area contributed by atoms with Crippen LogP contribution in [0.25, 0.3) is 5.57 Å². The maximum absolute atomic E-state index is 13.8. The van der Waals surface area contributed by atoms with Crippen LogP contribution in [0.3, 0.4) is 0 Å². The van der Waals surface area contributed by atoms with Gasteiger partial charge in [-0.05, 0) is 60.4 Å². The zero-order valence-electron chi connectivity index (χ0n) is 19.6. The number of aryl methyl sites for hydroxylation is 1. The van der Waals surface area contributed by atoms with E-state index in [-0.39, 0.29) is 5.41 Å². The number of rotatable bonds is 2. The van der Waals surface area contributed by atoms with E-state index in [0.717, 1.165) is 70.4 Å². The molecule has 0 saturated carbocycles. The molecular weight excluding hydrogens is 406 g/mol. The third-order valence-corrected chi connectivity index (χ3v) is 8.38. The Hall–Kier alpha value is -2.88. The van der Waals surface area contributed by atoms with Crippen molar-refractivity contribution < 1.29 is 4.79 Å². The second-order valence-electron chi connectivity index (χ2n) is 10.3. The van der Waals surface area contributed by atoms with Crippen LogP contribution in [-0.4, -0.2) is 47.7 Å². The first kappa shape index (κ1) is 20.7. The zero-order chi connectivity index (χ0) is 22.4. The van der Waals surface area contributed by atoms with E-state index in [0.29, 0.717) is 11.8 Å². The average molecular weight is 440 g/mol. The Morgan fingerprint density at radius 1 is 0.970 bits per heavy atom. The minimum absolute atomic E-state index is 0.174. The lowest BCUT2D eigenvalue weighted by atomic mass is 9.71. The fourth-order valence-corrected chi connectivity index (χ4v) is 6.47. The van der Waals surface area contributed by atoms with Crippen LogP contribution in [0.2, 0.25) is 0 Å². The molecule has 1 unspecified atom stereocenters. The lowest BCUT2D eigenvalue weighted by Gasteiger charge is -2.47. The predicted molar refractivity (Wildman–Crippen MR) is 134 cm³/mol. The van der Waals surface area contributed by atoms with Crippen LogP contribution in [0.15, 0.2) is 59.6 Å². The van der Waals surface area contributed by atoms with Crippen molar-refractivity contribution in [2.45, 2.75) is 51.4 Å². The monoisotopic (exact) mass is 439 g/mol. The highest BCUT2D eigenvalue weighted by molar-refractivity contribution is 5.89. The van der Waals surface area contributed by atoms with E-state index in [2.05, 4.69) is 71.3 Å². The molecule has 2 saturated heterocycles. The molecule has 2 fully saturated rings. The summed E-state index contributed by atoms with van der Waals surface area (Å²) in [6.07, 6.45) is 8.50. The van der Waals surface area contributed by atoms with E-state index in [1.807, 2.05) is 0 Å². The molecule has 1 spiro atoms. The summed E-state index contributed by atoms with van der Waals surface area (Å²) in [6.45, 7) is 5.80. The van der Waals surface area contributed by atoms with Gasteiger partial charge in [-0.15, -0.1) is 0 Å². The molecule has 1 atom stereocenters. The molecule has 0 radical (unpaired) electrons. The minimum Gasteiger partial charge on any atom is -0.360 e. The highest BCUT2D eigenvalue weighted by atomic mass is 16.2. The van der Waals surface area contributed by atoms with Crippen LogP contribution >= 0.6 is 0 Å². The number of carbonyl (C=O) groups excluding carboxylic acids is 1. The van der Waals surface area contributed by atoms with Crippen LogP contribution in [0.1, 0.15) is 61.6 Å². The van der Waals surface area contributed by atoms with Crippen molar-refractivity contribution in [2.75, 3.05) is 26.2 Å². The third kappa shape index (κ3) is 3.60. The highest BCUT2D eigenvalue weighted by Gasteiger charge is 2.46. The Morgan fingerprint density at radius 2 is 1.76 bits per heavy atom. The average Bonchev–Trinajstić information content (AvgIpc) is 3.17. The van der Waals surface area contributed by atoms with Crippen molar-refractivity contribution in [1.29, 1.82) is 0 Å². The molecule has 4 heteroatoms. The van der Waals surface area contributed by atoms with Crippen LogP contribution < -0.4 is 0 Å². The number of hydrogen-bond acceptors (Lipinski definition) is 3. The van der Waals surface area contributed by atoms with Crippen molar-refractivity contribution >= 4 is 23.0 Å². The second-order valence-corrected chi connectivity index (χ2v) is 10.3.